The van der Waals surface area contributed by atoms with Crippen LogP contribution in [0.3, 0.4) is 0 Å². The van der Waals surface area contributed by atoms with Crippen LogP contribution < -0.4 is 0 Å². The number of nitrogens with zero attached hydrogens (tertiary/aromatic N) is 1. The molecule has 1 aliphatic carbocycles. The van der Waals surface area contributed by atoms with Gasteiger partial charge >= 0.3 is 5.97 Å². The SMILES string of the molecule is CCc1oc(-c2ccc3ccccc3c2)nc1COC[C@@H]1CCC[C@H](COC(C)(C)C(=O)O)C1. The summed E-state index contributed by atoms with van der Waals surface area (Å²) in [5.74, 6) is 1.41. The molecule has 1 fully saturated rings. The molecule has 0 unspecified atom stereocenters. The smallest absolute Gasteiger partial charge is 0.335 e. The molecule has 0 aliphatic heterocycles. The van der Waals surface area contributed by atoms with E-state index in [2.05, 4.69) is 31.2 Å². The fourth-order valence-corrected chi connectivity index (χ4v) is 4.63. The minimum absolute atomic E-state index is 0.374. The Morgan fingerprint density at radius 1 is 1.12 bits per heavy atom. The lowest BCUT2D eigenvalue weighted by atomic mass is 9.82. The van der Waals surface area contributed by atoms with E-state index in [0.717, 1.165) is 54.5 Å². The first-order chi connectivity index (χ1) is 16.4. The van der Waals surface area contributed by atoms with E-state index < -0.39 is 11.6 Å². The van der Waals surface area contributed by atoms with Crippen molar-refractivity contribution < 1.29 is 23.8 Å². The number of rotatable bonds is 10. The highest BCUT2D eigenvalue weighted by Gasteiger charge is 2.30. The Hall–Kier alpha value is -2.70. The standard InChI is InChI=1S/C28H35NO5/c1-4-25-24(29-26(34-25)23-13-12-21-10-5-6-11-22(21)15-23)18-32-16-19-8-7-9-20(14-19)17-33-28(2,3)27(30)31/h5-6,10-13,15,19-20H,4,7-9,14,16-18H2,1-3H3,(H,30,31)/t19-,20+/m1/s1. The van der Waals surface area contributed by atoms with Gasteiger partial charge in [0.05, 0.1) is 13.2 Å². The van der Waals surface area contributed by atoms with Gasteiger partial charge in [-0.25, -0.2) is 9.78 Å². The van der Waals surface area contributed by atoms with Crippen LogP contribution in [0.2, 0.25) is 0 Å². The molecule has 0 spiro atoms. The van der Waals surface area contributed by atoms with Crippen LogP contribution >= 0.6 is 0 Å². The summed E-state index contributed by atoms with van der Waals surface area (Å²) in [6, 6.07) is 14.5. The van der Waals surface area contributed by atoms with Crippen LogP contribution in [0.25, 0.3) is 22.2 Å². The van der Waals surface area contributed by atoms with Gasteiger partial charge in [-0.3, -0.25) is 0 Å². The fourth-order valence-electron chi connectivity index (χ4n) is 4.63. The molecule has 0 radical (unpaired) electrons. The maximum absolute atomic E-state index is 11.3. The van der Waals surface area contributed by atoms with Crippen molar-refractivity contribution in [1.29, 1.82) is 0 Å². The van der Waals surface area contributed by atoms with Gasteiger partial charge in [0.1, 0.15) is 11.5 Å². The summed E-state index contributed by atoms with van der Waals surface area (Å²) in [5, 5.41) is 11.6. The van der Waals surface area contributed by atoms with Crippen molar-refractivity contribution in [3.05, 3.63) is 53.9 Å². The zero-order chi connectivity index (χ0) is 24.1. The van der Waals surface area contributed by atoms with E-state index in [4.69, 9.17) is 18.9 Å². The Labute approximate surface area is 201 Å². The quantitative estimate of drug-likeness (QED) is 0.381. The number of aliphatic carboxylic acids is 1. The third kappa shape index (κ3) is 5.86. The first kappa shape index (κ1) is 24.4. The Balaban J connectivity index is 1.33. The molecule has 0 bridgehead atoms. The van der Waals surface area contributed by atoms with Crippen molar-refractivity contribution in [1.82, 2.24) is 4.98 Å². The van der Waals surface area contributed by atoms with Gasteiger partial charge in [0.15, 0.2) is 5.60 Å². The van der Waals surface area contributed by atoms with Gasteiger partial charge in [0.2, 0.25) is 5.89 Å². The van der Waals surface area contributed by atoms with Crippen molar-refractivity contribution in [2.24, 2.45) is 11.8 Å². The van der Waals surface area contributed by atoms with E-state index in [9.17, 15) is 9.90 Å². The van der Waals surface area contributed by atoms with E-state index in [1.165, 1.54) is 5.39 Å². The first-order valence-corrected chi connectivity index (χ1v) is 12.3. The first-order valence-electron chi connectivity index (χ1n) is 12.3. The largest absolute Gasteiger partial charge is 0.479 e. The molecule has 1 aromatic heterocycles. The number of fused-ring (bicyclic) bond motifs is 1. The van der Waals surface area contributed by atoms with Crippen molar-refractivity contribution in [2.75, 3.05) is 13.2 Å². The third-order valence-electron chi connectivity index (χ3n) is 6.77. The van der Waals surface area contributed by atoms with Crippen molar-refractivity contribution >= 4 is 16.7 Å². The van der Waals surface area contributed by atoms with Crippen molar-refractivity contribution in [3.8, 4) is 11.5 Å². The van der Waals surface area contributed by atoms with Gasteiger partial charge in [-0.05, 0) is 67.9 Å². The van der Waals surface area contributed by atoms with Crippen molar-refractivity contribution in [2.45, 2.75) is 65.1 Å². The molecular weight excluding hydrogens is 430 g/mol. The van der Waals surface area contributed by atoms with Gasteiger partial charge < -0.3 is 19.0 Å². The second-order valence-electron chi connectivity index (χ2n) is 9.84. The molecule has 1 saturated carbocycles. The predicted molar refractivity (Wildman–Crippen MR) is 132 cm³/mol. The molecule has 2 aromatic carbocycles. The molecule has 6 nitrogen and oxygen atoms in total. The summed E-state index contributed by atoms with van der Waals surface area (Å²) < 4.78 is 17.9. The molecule has 1 N–H and O–H groups in total. The van der Waals surface area contributed by atoms with E-state index in [1.54, 1.807) is 13.8 Å². The van der Waals surface area contributed by atoms with Gasteiger partial charge in [-0.1, -0.05) is 43.7 Å². The molecule has 4 rings (SSSR count). The Morgan fingerprint density at radius 2 is 1.85 bits per heavy atom. The average Bonchev–Trinajstić information content (AvgIpc) is 3.26. The van der Waals surface area contributed by atoms with Crippen LogP contribution in [0, 0.1) is 11.8 Å². The van der Waals surface area contributed by atoms with Crippen LogP contribution in [0.1, 0.15) is 57.9 Å². The number of hydrogen-bond acceptors (Lipinski definition) is 5. The average molecular weight is 466 g/mol. The van der Waals surface area contributed by atoms with E-state index >= 15 is 0 Å². The second kappa shape index (κ2) is 10.7. The molecule has 3 aromatic rings. The number of hydrogen-bond donors (Lipinski definition) is 1. The monoisotopic (exact) mass is 465 g/mol. The number of oxazole rings is 1. The van der Waals surface area contributed by atoms with E-state index in [0.29, 0.717) is 37.5 Å². The van der Waals surface area contributed by atoms with Gasteiger partial charge in [0, 0.05) is 18.6 Å². The van der Waals surface area contributed by atoms with Crippen LogP contribution in [0.15, 0.2) is 46.9 Å². The number of benzene rings is 2. The molecule has 6 heteroatoms. The highest BCUT2D eigenvalue weighted by atomic mass is 16.5. The molecule has 2 atom stereocenters. The van der Waals surface area contributed by atoms with Crippen LogP contribution in [0.4, 0.5) is 0 Å². The third-order valence-corrected chi connectivity index (χ3v) is 6.77. The Bertz CT molecular complexity index is 1120. The van der Waals surface area contributed by atoms with Crippen LogP contribution in [0.5, 0.6) is 0 Å². The molecule has 0 amide bonds. The van der Waals surface area contributed by atoms with Crippen molar-refractivity contribution in [3.63, 3.8) is 0 Å². The van der Waals surface area contributed by atoms with E-state index in [-0.39, 0.29) is 0 Å². The van der Waals surface area contributed by atoms with Crippen LogP contribution in [-0.4, -0.2) is 34.9 Å². The van der Waals surface area contributed by atoms with Gasteiger partial charge in [-0.15, -0.1) is 0 Å². The summed E-state index contributed by atoms with van der Waals surface area (Å²) in [7, 11) is 0. The highest BCUT2D eigenvalue weighted by molar-refractivity contribution is 5.86. The second-order valence-corrected chi connectivity index (χ2v) is 9.84. The number of carboxylic acids is 1. The number of aromatic nitrogens is 1. The summed E-state index contributed by atoms with van der Waals surface area (Å²) in [4.78, 5) is 16.0. The zero-order valence-corrected chi connectivity index (χ0v) is 20.4. The lowest BCUT2D eigenvalue weighted by Crippen LogP contribution is -2.37. The lowest BCUT2D eigenvalue weighted by molar-refractivity contribution is -0.163. The number of carboxylic acid groups (broad SMARTS) is 1. The van der Waals surface area contributed by atoms with Gasteiger partial charge in [0.25, 0.3) is 0 Å². The van der Waals surface area contributed by atoms with Crippen LogP contribution in [-0.2, 0) is 27.3 Å². The molecular formula is C28H35NO5. The topological polar surface area (TPSA) is 81.8 Å². The molecule has 34 heavy (non-hydrogen) atoms. The summed E-state index contributed by atoms with van der Waals surface area (Å²) in [5.41, 5.74) is 0.694. The fraction of sp³-hybridized carbons (Fsp3) is 0.500. The minimum Gasteiger partial charge on any atom is -0.479 e. The number of aryl methyl sites for hydroxylation is 1. The van der Waals surface area contributed by atoms with E-state index in [1.807, 2.05) is 18.2 Å². The number of carbonyl (C=O) groups is 1. The van der Waals surface area contributed by atoms with Gasteiger partial charge in [-0.2, -0.15) is 0 Å². The minimum atomic E-state index is -1.14. The molecule has 1 aliphatic rings. The Kier molecular flexibility index (Phi) is 7.69. The Morgan fingerprint density at radius 3 is 2.59 bits per heavy atom. The molecule has 0 saturated heterocycles. The maximum Gasteiger partial charge on any atom is 0.335 e. The zero-order valence-electron chi connectivity index (χ0n) is 20.4. The predicted octanol–water partition coefficient (Wildman–Crippen LogP) is 6.26. The highest BCUT2D eigenvalue weighted by Crippen LogP contribution is 2.31. The lowest BCUT2D eigenvalue weighted by Gasteiger charge is -2.31. The number of ether oxygens (including phenoxy) is 2. The molecule has 1 heterocycles. The summed E-state index contributed by atoms with van der Waals surface area (Å²) in [6.07, 6.45) is 5.08. The summed E-state index contributed by atoms with van der Waals surface area (Å²) in [6.45, 7) is 6.86. The molecule has 182 valence electrons. The maximum atomic E-state index is 11.3. The summed E-state index contributed by atoms with van der Waals surface area (Å²) >= 11 is 0. The normalized spacial score (nSPS) is 18.9.